The number of nitrogens with zero attached hydrogens (tertiary/aromatic N) is 2. The summed E-state index contributed by atoms with van der Waals surface area (Å²) in [6.45, 7) is 1.92. The summed E-state index contributed by atoms with van der Waals surface area (Å²) in [4.78, 5) is 9.10. The van der Waals surface area contributed by atoms with Crippen molar-refractivity contribution in [3.05, 3.63) is 59.8 Å². The molecule has 1 N–H and O–H groups in total. The van der Waals surface area contributed by atoms with Crippen molar-refractivity contribution in [3.8, 4) is 17.0 Å². The summed E-state index contributed by atoms with van der Waals surface area (Å²) < 4.78 is 10.6. The van der Waals surface area contributed by atoms with Gasteiger partial charge in [-0.1, -0.05) is 6.07 Å². The van der Waals surface area contributed by atoms with Gasteiger partial charge in [0.1, 0.15) is 17.4 Å². The third-order valence-corrected chi connectivity index (χ3v) is 4.89. The van der Waals surface area contributed by atoms with E-state index in [1.807, 2.05) is 19.1 Å². The molecule has 0 amide bonds. The van der Waals surface area contributed by atoms with Crippen LogP contribution in [-0.2, 0) is 12.8 Å². The van der Waals surface area contributed by atoms with Crippen molar-refractivity contribution in [1.82, 2.24) is 9.97 Å². The first kappa shape index (κ1) is 16.6. The lowest BCUT2D eigenvalue weighted by atomic mass is 10.0. The van der Waals surface area contributed by atoms with Crippen LogP contribution in [0, 0.1) is 6.92 Å². The van der Waals surface area contributed by atoms with Gasteiger partial charge in [0.25, 0.3) is 0 Å². The largest absolute Gasteiger partial charge is 0.497 e. The number of furan rings is 1. The standard InChI is InChI=1S/C21H23N3O2/c1-14-22-20(16-8-9-26-13-16)12-21(23-14)24-18-5-3-4-15-6-7-19(25-2)11-17(15)10-18/h6-9,11-13,18H,3-5,10H2,1-2H3,(H,22,23,24). The van der Waals surface area contributed by atoms with E-state index in [1.165, 1.54) is 11.1 Å². The Morgan fingerprint density at radius 2 is 2.08 bits per heavy atom. The number of ether oxygens (including phenoxy) is 1. The number of benzene rings is 1. The van der Waals surface area contributed by atoms with Crippen molar-refractivity contribution in [2.75, 3.05) is 12.4 Å². The number of anilines is 1. The number of rotatable bonds is 4. The van der Waals surface area contributed by atoms with Crippen LogP contribution in [0.5, 0.6) is 5.75 Å². The van der Waals surface area contributed by atoms with Crippen LogP contribution < -0.4 is 10.1 Å². The molecule has 1 aliphatic rings. The van der Waals surface area contributed by atoms with E-state index < -0.39 is 0 Å². The Morgan fingerprint density at radius 1 is 1.15 bits per heavy atom. The van der Waals surface area contributed by atoms with Crippen LogP contribution in [0.15, 0.2) is 47.3 Å². The first-order valence-electron chi connectivity index (χ1n) is 9.02. The van der Waals surface area contributed by atoms with Gasteiger partial charge in [0, 0.05) is 17.7 Å². The van der Waals surface area contributed by atoms with Gasteiger partial charge in [-0.3, -0.25) is 0 Å². The predicted molar refractivity (Wildman–Crippen MR) is 102 cm³/mol. The second-order valence-electron chi connectivity index (χ2n) is 6.77. The predicted octanol–water partition coefficient (Wildman–Crippen LogP) is 4.41. The van der Waals surface area contributed by atoms with Gasteiger partial charge in [-0.2, -0.15) is 0 Å². The SMILES string of the molecule is COc1ccc2c(c1)CC(Nc1cc(-c3ccoc3)nc(C)n1)CCC2. The number of nitrogens with one attached hydrogen (secondary N) is 1. The highest BCUT2D eigenvalue weighted by atomic mass is 16.5. The maximum absolute atomic E-state index is 5.40. The van der Waals surface area contributed by atoms with E-state index >= 15 is 0 Å². The van der Waals surface area contributed by atoms with Crippen molar-refractivity contribution < 1.29 is 9.15 Å². The molecule has 1 atom stereocenters. The zero-order chi connectivity index (χ0) is 17.9. The summed E-state index contributed by atoms with van der Waals surface area (Å²) in [5.41, 5.74) is 4.63. The maximum atomic E-state index is 5.40. The second kappa shape index (κ2) is 7.20. The van der Waals surface area contributed by atoms with Gasteiger partial charge in [-0.25, -0.2) is 9.97 Å². The van der Waals surface area contributed by atoms with E-state index in [0.717, 1.165) is 54.3 Å². The molecule has 0 bridgehead atoms. The molecule has 0 radical (unpaired) electrons. The average Bonchev–Trinajstić information content (AvgIpc) is 3.10. The van der Waals surface area contributed by atoms with Gasteiger partial charge < -0.3 is 14.5 Å². The molecule has 5 heteroatoms. The first-order chi connectivity index (χ1) is 12.7. The van der Waals surface area contributed by atoms with Crippen LogP contribution in [0.1, 0.15) is 29.8 Å². The molecule has 0 fully saturated rings. The number of aromatic nitrogens is 2. The quantitative estimate of drug-likeness (QED) is 0.707. The zero-order valence-corrected chi connectivity index (χ0v) is 15.2. The average molecular weight is 349 g/mol. The second-order valence-corrected chi connectivity index (χ2v) is 6.77. The number of hydrogen-bond acceptors (Lipinski definition) is 5. The van der Waals surface area contributed by atoms with E-state index in [2.05, 4.69) is 33.5 Å². The molecule has 2 aromatic heterocycles. The summed E-state index contributed by atoms with van der Waals surface area (Å²) in [5, 5.41) is 3.62. The minimum Gasteiger partial charge on any atom is -0.497 e. The molecule has 0 saturated heterocycles. The van der Waals surface area contributed by atoms with Crippen LogP contribution in [0.25, 0.3) is 11.3 Å². The summed E-state index contributed by atoms with van der Waals surface area (Å²) in [7, 11) is 1.72. The molecule has 4 rings (SSSR count). The number of fused-ring (bicyclic) bond motifs is 1. The summed E-state index contributed by atoms with van der Waals surface area (Å²) >= 11 is 0. The smallest absolute Gasteiger partial charge is 0.130 e. The normalized spacial score (nSPS) is 16.6. The maximum Gasteiger partial charge on any atom is 0.130 e. The molecule has 3 aromatic rings. The molecule has 1 aliphatic carbocycles. The van der Waals surface area contributed by atoms with E-state index in [9.17, 15) is 0 Å². The van der Waals surface area contributed by atoms with E-state index in [1.54, 1.807) is 19.6 Å². The van der Waals surface area contributed by atoms with Crippen LogP contribution in [0.2, 0.25) is 0 Å². The Labute approximate surface area is 153 Å². The van der Waals surface area contributed by atoms with Crippen LogP contribution in [0.4, 0.5) is 5.82 Å². The molecule has 0 aliphatic heterocycles. The summed E-state index contributed by atoms with van der Waals surface area (Å²) in [6.07, 6.45) is 7.73. The van der Waals surface area contributed by atoms with Crippen LogP contribution >= 0.6 is 0 Å². The fourth-order valence-corrected chi connectivity index (χ4v) is 3.60. The Balaban J connectivity index is 1.57. The molecule has 5 nitrogen and oxygen atoms in total. The van der Waals surface area contributed by atoms with Crippen molar-refractivity contribution in [2.45, 2.75) is 38.6 Å². The Morgan fingerprint density at radius 3 is 2.88 bits per heavy atom. The molecule has 26 heavy (non-hydrogen) atoms. The molecule has 0 spiro atoms. The summed E-state index contributed by atoms with van der Waals surface area (Å²) in [6, 6.07) is 10.7. The van der Waals surface area contributed by atoms with Crippen molar-refractivity contribution in [1.29, 1.82) is 0 Å². The lowest BCUT2D eigenvalue weighted by molar-refractivity contribution is 0.414. The molecule has 134 valence electrons. The lowest BCUT2D eigenvalue weighted by Crippen LogP contribution is -2.22. The van der Waals surface area contributed by atoms with Crippen molar-refractivity contribution >= 4 is 5.82 Å². The van der Waals surface area contributed by atoms with E-state index in [4.69, 9.17) is 9.15 Å². The lowest BCUT2D eigenvalue weighted by Gasteiger charge is -2.18. The molecule has 0 saturated carbocycles. The van der Waals surface area contributed by atoms with Gasteiger partial charge in [0.05, 0.1) is 25.3 Å². The number of aryl methyl sites for hydroxylation is 2. The molecular weight excluding hydrogens is 326 g/mol. The van der Waals surface area contributed by atoms with Crippen LogP contribution in [-0.4, -0.2) is 23.1 Å². The Hall–Kier alpha value is -2.82. The monoisotopic (exact) mass is 349 g/mol. The first-order valence-corrected chi connectivity index (χ1v) is 9.02. The topological polar surface area (TPSA) is 60.2 Å². The minimum absolute atomic E-state index is 0.342. The van der Waals surface area contributed by atoms with Gasteiger partial charge >= 0.3 is 0 Å². The third kappa shape index (κ3) is 3.57. The Kier molecular flexibility index (Phi) is 4.61. The van der Waals surface area contributed by atoms with Crippen molar-refractivity contribution in [2.24, 2.45) is 0 Å². The highest BCUT2D eigenvalue weighted by molar-refractivity contribution is 5.61. The highest BCUT2D eigenvalue weighted by Crippen LogP contribution is 2.27. The third-order valence-electron chi connectivity index (χ3n) is 4.89. The van der Waals surface area contributed by atoms with Gasteiger partial charge in [-0.15, -0.1) is 0 Å². The van der Waals surface area contributed by atoms with Crippen LogP contribution in [0.3, 0.4) is 0 Å². The molecule has 1 unspecified atom stereocenters. The number of methoxy groups -OCH3 is 1. The molecule has 2 heterocycles. The fourth-order valence-electron chi connectivity index (χ4n) is 3.60. The van der Waals surface area contributed by atoms with Gasteiger partial charge in [0.15, 0.2) is 0 Å². The van der Waals surface area contributed by atoms with E-state index in [0.29, 0.717) is 6.04 Å². The zero-order valence-electron chi connectivity index (χ0n) is 15.2. The van der Waals surface area contributed by atoms with Crippen molar-refractivity contribution in [3.63, 3.8) is 0 Å². The number of hydrogen-bond donors (Lipinski definition) is 1. The molecule has 1 aromatic carbocycles. The summed E-state index contributed by atoms with van der Waals surface area (Å²) in [5.74, 6) is 2.54. The Bertz CT molecular complexity index is 890. The van der Waals surface area contributed by atoms with Gasteiger partial charge in [-0.05, 0) is 61.9 Å². The van der Waals surface area contributed by atoms with E-state index in [-0.39, 0.29) is 0 Å². The molecular formula is C21H23N3O2. The minimum atomic E-state index is 0.342. The van der Waals surface area contributed by atoms with Gasteiger partial charge in [0.2, 0.25) is 0 Å². The highest BCUT2D eigenvalue weighted by Gasteiger charge is 2.18. The fraction of sp³-hybridized carbons (Fsp3) is 0.333.